The average Bonchev–Trinajstić information content (AvgIpc) is 2.66. The number of nitrogens with one attached hydrogen (secondary N) is 2. The van der Waals surface area contributed by atoms with Crippen LogP contribution in [-0.4, -0.2) is 74.4 Å². The van der Waals surface area contributed by atoms with Gasteiger partial charge in [0.2, 0.25) is 5.91 Å². The Morgan fingerprint density at radius 2 is 2.00 bits per heavy atom. The number of likely N-dealkylation sites (tertiary alicyclic amines) is 1. The van der Waals surface area contributed by atoms with Crippen LogP contribution in [0, 0.1) is 0 Å². The van der Waals surface area contributed by atoms with Crippen LogP contribution >= 0.6 is 24.0 Å². The van der Waals surface area contributed by atoms with E-state index < -0.39 is 0 Å². The molecule has 164 valence electrons. The van der Waals surface area contributed by atoms with Crippen LogP contribution in [-0.2, 0) is 14.3 Å². The quantitative estimate of drug-likeness (QED) is 0.298. The predicted octanol–water partition coefficient (Wildman–Crippen LogP) is 2.53. The molecule has 8 heteroatoms. The number of guanidine groups is 1. The van der Waals surface area contributed by atoms with E-state index >= 15 is 0 Å². The molecule has 28 heavy (non-hydrogen) atoms. The molecule has 2 saturated heterocycles. The summed E-state index contributed by atoms with van der Waals surface area (Å²) in [6.07, 6.45) is 6.59. The van der Waals surface area contributed by atoms with E-state index in [1.807, 2.05) is 13.8 Å². The summed E-state index contributed by atoms with van der Waals surface area (Å²) in [5.74, 6) is 0.963. The van der Waals surface area contributed by atoms with E-state index in [9.17, 15) is 4.79 Å². The Morgan fingerprint density at radius 1 is 1.25 bits per heavy atom. The Morgan fingerprint density at radius 3 is 2.61 bits per heavy atom. The summed E-state index contributed by atoms with van der Waals surface area (Å²) in [5, 5.41) is 6.25. The number of hydrogen-bond acceptors (Lipinski definition) is 4. The predicted molar refractivity (Wildman–Crippen MR) is 123 cm³/mol. The summed E-state index contributed by atoms with van der Waals surface area (Å²) >= 11 is 0. The second kappa shape index (κ2) is 14.4. The van der Waals surface area contributed by atoms with Gasteiger partial charge in [0, 0.05) is 38.7 Å². The van der Waals surface area contributed by atoms with Crippen molar-refractivity contribution in [1.29, 1.82) is 0 Å². The third-order valence-corrected chi connectivity index (χ3v) is 4.92. The Balaban J connectivity index is 0.00000392. The number of nitrogens with zero attached hydrogens (tertiary/aromatic N) is 2. The highest BCUT2D eigenvalue weighted by atomic mass is 127. The van der Waals surface area contributed by atoms with Crippen molar-refractivity contribution in [1.82, 2.24) is 15.5 Å². The highest BCUT2D eigenvalue weighted by Crippen LogP contribution is 2.18. The van der Waals surface area contributed by atoms with E-state index in [0.29, 0.717) is 19.1 Å². The number of hydrogen-bond donors (Lipinski definition) is 2. The first-order chi connectivity index (χ1) is 13.1. The lowest BCUT2D eigenvalue weighted by molar-refractivity contribution is -0.121. The highest BCUT2D eigenvalue weighted by molar-refractivity contribution is 14.0. The van der Waals surface area contributed by atoms with Crippen LogP contribution in [0.25, 0.3) is 0 Å². The zero-order valence-electron chi connectivity index (χ0n) is 17.7. The van der Waals surface area contributed by atoms with E-state index in [-0.39, 0.29) is 42.0 Å². The number of amides is 1. The van der Waals surface area contributed by atoms with Gasteiger partial charge in [-0.3, -0.25) is 9.79 Å². The summed E-state index contributed by atoms with van der Waals surface area (Å²) in [7, 11) is 0. The average molecular weight is 510 g/mol. The van der Waals surface area contributed by atoms with Crippen molar-refractivity contribution < 1.29 is 14.3 Å². The molecule has 2 aliphatic rings. The van der Waals surface area contributed by atoms with Gasteiger partial charge < -0.3 is 25.0 Å². The molecule has 0 spiro atoms. The van der Waals surface area contributed by atoms with Gasteiger partial charge in [0.1, 0.15) is 0 Å². The van der Waals surface area contributed by atoms with Crippen molar-refractivity contribution in [3.05, 3.63) is 0 Å². The van der Waals surface area contributed by atoms with Crippen LogP contribution in [0.3, 0.4) is 0 Å². The van der Waals surface area contributed by atoms with Crippen LogP contribution in [0.15, 0.2) is 4.99 Å². The minimum absolute atomic E-state index is 0. The van der Waals surface area contributed by atoms with Crippen LogP contribution in [0.5, 0.6) is 0 Å². The summed E-state index contributed by atoms with van der Waals surface area (Å²) in [4.78, 5) is 18.7. The van der Waals surface area contributed by atoms with E-state index in [0.717, 1.165) is 58.1 Å². The maximum absolute atomic E-state index is 11.8. The fraction of sp³-hybridized carbons (Fsp3) is 0.900. The zero-order valence-corrected chi connectivity index (χ0v) is 20.1. The molecule has 2 rings (SSSR count). The molecule has 1 atom stereocenters. The Kier molecular flexibility index (Phi) is 13.1. The number of carbonyl (C=O) groups excluding carboxylic acids is 1. The van der Waals surface area contributed by atoms with Gasteiger partial charge in [0.25, 0.3) is 0 Å². The number of carbonyl (C=O) groups is 1. The molecule has 2 heterocycles. The summed E-state index contributed by atoms with van der Waals surface area (Å²) < 4.78 is 11.8. The molecule has 0 aromatic carbocycles. The van der Waals surface area contributed by atoms with Crippen molar-refractivity contribution in [3.8, 4) is 0 Å². The second-order valence-corrected chi connectivity index (χ2v) is 7.72. The molecule has 7 nitrogen and oxygen atoms in total. The largest absolute Gasteiger partial charge is 0.376 e. The van der Waals surface area contributed by atoms with Gasteiger partial charge in [0.15, 0.2) is 5.96 Å². The molecule has 1 amide bonds. The lowest BCUT2D eigenvalue weighted by Gasteiger charge is -2.35. The minimum atomic E-state index is 0. The smallest absolute Gasteiger partial charge is 0.222 e. The Hall–Kier alpha value is -0.610. The van der Waals surface area contributed by atoms with Crippen LogP contribution in [0.1, 0.15) is 59.3 Å². The number of aliphatic imine (C=N–C) groups is 1. The van der Waals surface area contributed by atoms with Gasteiger partial charge in [0.05, 0.1) is 25.4 Å². The Labute approximate surface area is 187 Å². The molecule has 0 bridgehead atoms. The standard InChI is InChI=1S/C20H38N4O3.HI/c1-4-21-20(22-11-8-19(25)23-16(2)3)24-12-9-17(10-13-24)27-15-18-7-5-6-14-26-18;/h16-18H,4-15H2,1-3H3,(H,21,22)(H,23,25);1H. The summed E-state index contributed by atoms with van der Waals surface area (Å²) in [6, 6.07) is 0.174. The van der Waals surface area contributed by atoms with Gasteiger partial charge in [-0.05, 0) is 52.9 Å². The molecular formula is C20H39IN4O3. The van der Waals surface area contributed by atoms with Crippen molar-refractivity contribution in [2.24, 2.45) is 4.99 Å². The molecule has 0 aromatic rings. The first-order valence-electron chi connectivity index (χ1n) is 10.6. The maximum Gasteiger partial charge on any atom is 0.222 e. The Bertz CT molecular complexity index is 462. The van der Waals surface area contributed by atoms with E-state index in [1.165, 1.54) is 12.8 Å². The molecule has 2 aliphatic heterocycles. The zero-order chi connectivity index (χ0) is 19.5. The highest BCUT2D eigenvalue weighted by Gasteiger charge is 2.23. The molecule has 2 N–H and O–H groups in total. The monoisotopic (exact) mass is 510 g/mol. The SMILES string of the molecule is CCNC(=NCCC(=O)NC(C)C)N1CCC(OCC2CCCCO2)CC1.I. The molecular weight excluding hydrogens is 471 g/mol. The van der Waals surface area contributed by atoms with Crippen LogP contribution in [0.4, 0.5) is 0 Å². The molecule has 0 saturated carbocycles. The van der Waals surface area contributed by atoms with Crippen LogP contribution in [0.2, 0.25) is 0 Å². The van der Waals surface area contributed by atoms with Gasteiger partial charge >= 0.3 is 0 Å². The summed E-state index contributed by atoms with van der Waals surface area (Å²) in [5.41, 5.74) is 0. The third kappa shape index (κ3) is 9.73. The number of ether oxygens (including phenoxy) is 2. The molecule has 0 radical (unpaired) electrons. The van der Waals surface area contributed by atoms with Crippen molar-refractivity contribution in [2.45, 2.75) is 77.5 Å². The van der Waals surface area contributed by atoms with Gasteiger partial charge in [-0.25, -0.2) is 0 Å². The second-order valence-electron chi connectivity index (χ2n) is 7.72. The number of rotatable bonds is 8. The van der Waals surface area contributed by atoms with Crippen molar-refractivity contribution in [3.63, 3.8) is 0 Å². The van der Waals surface area contributed by atoms with E-state index in [4.69, 9.17) is 9.47 Å². The first kappa shape index (κ1) is 25.4. The molecule has 0 aromatic heterocycles. The fourth-order valence-electron chi connectivity index (χ4n) is 3.50. The topological polar surface area (TPSA) is 75.2 Å². The minimum Gasteiger partial charge on any atom is -0.376 e. The fourth-order valence-corrected chi connectivity index (χ4v) is 3.50. The summed E-state index contributed by atoms with van der Waals surface area (Å²) in [6.45, 7) is 10.8. The third-order valence-electron chi connectivity index (χ3n) is 4.92. The van der Waals surface area contributed by atoms with Gasteiger partial charge in [-0.1, -0.05) is 0 Å². The molecule has 0 aliphatic carbocycles. The lowest BCUT2D eigenvalue weighted by atomic mass is 10.1. The number of piperidine rings is 1. The normalized spacial score (nSPS) is 21.4. The lowest BCUT2D eigenvalue weighted by Crippen LogP contribution is -2.47. The first-order valence-corrected chi connectivity index (χ1v) is 10.6. The molecule has 2 fully saturated rings. The maximum atomic E-state index is 11.8. The molecule has 1 unspecified atom stereocenters. The van der Waals surface area contributed by atoms with Gasteiger partial charge in [-0.2, -0.15) is 0 Å². The van der Waals surface area contributed by atoms with E-state index in [2.05, 4.69) is 27.4 Å². The van der Waals surface area contributed by atoms with Crippen molar-refractivity contribution in [2.75, 3.05) is 39.4 Å². The van der Waals surface area contributed by atoms with E-state index in [1.54, 1.807) is 0 Å². The van der Waals surface area contributed by atoms with Crippen LogP contribution < -0.4 is 10.6 Å². The number of halogens is 1. The van der Waals surface area contributed by atoms with Crippen molar-refractivity contribution >= 4 is 35.8 Å². The van der Waals surface area contributed by atoms with Gasteiger partial charge in [-0.15, -0.1) is 24.0 Å².